The van der Waals surface area contributed by atoms with E-state index in [1.165, 1.54) is 0 Å². The molecule has 20 heavy (non-hydrogen) atoms. The van der Waals surface area contributed by atoms with Crippen LogP contribution in [0.3, 0.4) is 0 Å². The van der Waals surface area contributed by atoms with E-state index in [1.807, 2.05) is 31.2 Å². The number of halogens is 1. The fraction of sp³-hybridized carbons (Fsp3) is 0.188. The first-order valence-electron chi connectivity index (χ1n) is 6.27. The topological polar surface area (TPSA) is 49.3 Å². The molecule has 0 aliphatic carbocycles. The second kappa shape index (κ2) is 5.55. The number of carbonyl (C=O) groups is 1. The van der Waals surface area contributed by atoms with Gasteiger partial charge < -0.3 is 10.4 Å². The lowest BCUT2D eigenvalue weighted by atomic mass is 9.91. The fourth-order valence-corrected chi connectivity index (χ4v) is 2.41. The van der Waals surface area contributed by atoms with Crippen LogP contribution in [0, 0.1) is 6.92 Å². The van der Waals surface area contributed by atoms with Gasteiger partial charge in [-0.2, -0.15) is 0 Å². The van der Waals surface area contributed by atoms with Crippen molar-refractivity contribution in [3.63, 3.8) is 0 Å². The van der Waals surface area contributed by atoms with Crippen molar-refractivity contribution in [1.82, 2.24) is 0 Å². The van der Waals surface area contributed by atoms with E-state index in [-0.39, 0.29) is 0 Å². The Labute approximate surface area is 123 Å². The highest BCUT2D eigenvalue weighted by atomic mass is 35.5. The summed E-state index contributed by atoms with van der Waals surface area (Å²) in [5, 5.41) is 13.2. The molecule has 0 aromatic heterocycles. The fourth-order valence-electron chi connectivity index (χ4n) is 2.09. The van der Waals surface area contributed by atoms with Crippen LogP contribution in [-0.2, 0) is 10.3 Å². The van der Waals surface area contributed by atoms with Crippen LogP contribution in [0.4, 0.5) is 5.69 Å². The average Bonchev–Trinajstić information content (AvgIpc) is 2.41. The zero-order valence-electron chi connectivity index (χ0n) is 11.4. The number of carboxylic acids is 1. The molecule has 1 unspecified atom stereocenters. The maximum atomic E-state index is 11.8. The van der Waals surface area contributed by atoms with E-state index in [9.17, 15) is 9.90 Å². The summed E-state index contributed by atoms with van der Waals surface area (Å²) in [7, 11) is 0. The van der Waals surface area contributed by atoms with Gasteiger partial charge in [0.1, 0.15) is 0 Å². The van der Waals surface area contributed by atoms with Crippen LogP contribution < -0.4 is 5.32 Å². The van der Waals surface area contributed by atoms with Crippen LogP contribution in [0.15, 0.2) is 48.5 Å². The standard InChI is InChI=1S/C16H16ClNO2/c1-11-7-3-6-10-14(11)18-16(2,15(19)20)12-8-4-5-9-13(12)17/h3-10,18H,1-2H3,(H,19,20). The molecule has 3 nitrogen and oxygen atoms in total. The van der Waals surface area contributed by atoms with E-state index in [0.29, 0.717) is 10.6 Å². The van der Waals surface area contributed by atoms with Crippen molar-refractivity contribution >= 4 is 23.3 Å². The summed E-state index contributed by atoms with van der Waals surface area (Å²) in [5.41, 5.74) is 1.01. The molecule has 4 heteroatoms. The highest BCUT2D eigenvalue weighted by molar-refractivity contribution is 6.31. The van der Waals surface area contributed by atoms with Gasteiger partial charge in [0.2, 0.25) is 0 Å². The van der Waals surface area contributed by atoms with E-state index in [4.69, 9.17) is 11.6 Å². The van der Waals surface area contributed by atoms with Crippen LogP contribution in [0.5, 0.6) is 0 Å². The van der Waals surface area contributed by atoms with Gasteiger partial charge in [0.15, 0.2) is 5.54 Å². The van der Waals surface area contributed by atoms with E-state index in [2.05, 4.69) is 5.32 Å². The van der Waals surface area contributed by atoms with Crippen LogP contribution >= 0.6 is 11.6 Å². The minimum absolute atomic E-state index is 0.429. The van der Waals surface area contributed by atoms with Gasteiger partial charge in [0.25, 0.3) is 0 Å². The quantitative estimate of drug-likeness (QED) is 0.892. The maximum Gasteiger partial charge on any atom is 0.333 e. The van der Waals surface area contributed by atoms with Crippen LogP contribution in [-0.4, -0.2) is 11.1 Å². The summed E-state index contributed by atoms with van der Waals surface area (Å²) in [5.74, 6) is -0.978. The molecule has 104 valence electrons. The molecular weight excluding hydrogens is 274 g/mol. The third-order valence-electron chi connectivity index (χ3n) is 3.37. The molecule has 1 atom stereocenters. The number of aliphatic carboxylic acids is 1. The predicted octanol–water partition coefficient (Wildman–Crippen LogP) is 4.06. The average molecular weight is 290 g/mol. The number of hydrogen-bond donors (Lipinski definition) is 2. The molecule has 2 aromatic rings. The van der Waals surface area contributed by atoms with Crippen molar-refractivity contribution in [1.29, 1.82) is 0 Å². The first-order valence-corrected chi connectivity index (χ1v) is 6.65. The SMILES string of the molecule is Cc1ccccc1NC(C)(C(=O)O)c1ccccc1Cl. The first kappa shape index (κ1) is 14.4. The summed E-state index contributed by atoms with van der Waals surface area (Å²) < 4.78 is 0. The molecule has 0 radical (unpaired) electrons. The number of para-hydroxylation sites is 1. The molecule has 0 fully saturated rings. The summed E-state index contributed by atoms with van der Waals surface area (Å²) in [4.78, 5) is 11.8. The lowest BCUT2D eigenvalue weighted by molar-refractivity contribution is -0.142. The van der Waals surface area contributed by atoms with E-state index in [0.717, 1.165) is 11.3 Å². The highest BCUT2D eigenvalue weighted by Gasteiger charge is 2.37. The largest absolute Gasteiger partial charge is 0.479 e. The maximum absolute atomic E-state index is 11.8. The van der Waals surface area contributed by atoms with Gasteiger partial charge in [-0.05, 0) is 31.5 Å². The van der Waals surface area contributed by atoms with Gasteiger partial charge in [-0.15, -0.1) is 0 Å². The Hall–Kier alpha value is -2.00. The Morgan fingerprint density at radius 1 is 1.15 bits per heavy atom. The van der Waals surface area contributed by atoms with Gasteiger partial charge in [0.05, 0.1) is 0 Å². The monoisotopic (exact) mass is 289 g/mol. The number of carboxylic acid groups (broad SMARTS) is 1. The number of nitrogens with one attached hydrogen (secondary N) is 1. The molecule has 2 rings (SSSR count). The molecule has 0 bridgehead atoms. The van der Waals surface area contributed by atoms with Crippen molar-refractivity contribution in [2.24, 2.45) is 0 Å². The summed E-state index contributed by atoms with van der Waals surface area (Å²) in [6.07, 6.45) is 0. The van der Waals surface area contributed by atoms with E-state index < -0.39 is 11.5 Å². The number of rotatable bonds is 4. The normalized spacial score (nSPS) is 13.6. The van der Waals surface area contributed by atoms with Gasteiger partial charge >= 0.3 is 5.97 Å². The number of hydrogen-bond acceptors (Lipinski definition) is 2. The summed E-state index contributed by atoms with van der Waals surface area (Å²) in [6, 6.07) is 14.5. The van der Waals surface area contributed by atoms with Crippen molar-refractivity contribution in [2.45, 2.75) is 19.4 Å². The number of aryl methyl sites for hydroxylation is 1. The molecular formula is C16H16ClNO2. The number of benzene rings is 2. The van der Waals surface area contributed by atoms with E-state index in [1.54, 1.807) is 31.2 Å². The number of anilines is 1. The zero-order valence-corrected chi connectivity index (χ0v) is 12.1. The predicted molar refractivity (Wildman–Crippen MR) is 81.2 cm³/mol. The van der Waals surface area contributed by atoms with Crippen LogP contribution in [0.2, 0.25) is 5.02 Å². The van der Waals surface area contributed by atoms with Gasteiger partial charge in [-0.25, -0.2) is 4.79 Å². The molecule has 0 aliphatic heterocycles. The van der Waals surface area contributed by atoms with Crippen molar-refractivity contribution < 1.29 is 9.90 Å². The Balaban J connectivity index is 2.49. The van der Waals surface area contributed by atoms with Gasteiger partial charge in [-0.3, -0.25) is 0 Å². The Morgan fingerprint density at radius 3 is 2.35 bits per heavy atom. The zero-order chi connectivity index (χ0) is 14.8. The van der Waals surface area contributed by atoms with Crippen molar-refractivity contribution in [3.8, 4) is 0 Å². The lowest BCUT2D eigenvalue weighted by Gasteiger charge is -2.29. The molecule has 2 N–H and O–H groups in total. The summed E-state index contributed by atoms with van der Waals surface area (Å²) >= 11 is 6.16. The molecule has 0 aliphatic rings. The Morgan fingerprint density at radius 2 is 1.75 bits per heavy atom. The molecule has 2 aromatic carbocycles. The lowest BCUT2D eigenvalue weighted by Crippen LogP contribution is -2.41. The molecule has 0 saturated heterocycles. The third kappa shape index (κ3) is 2.63. The molecule has 0 heterocycles. The Bertz CT molecular complexity index is 642. The third-order valence-corrected chi connectivity index (χ3v) is 3.70. The van der Waals surface area contributed by atoms with Gasteiger partial charge in [0, 0.05) is 16.3 Å². The molecule has 0 saturated carbocycles. The second-order valence-corrected chi connectivity index (χ2v) is 5.26. The van der Waals surface area contributed by atoms with Crippen molar-refractivity contribution in [3.05, 3.63) is 64.7 Å². The second-order valence-electron chi connectivity index (χ2n) is 4.85. The molecule has 0 spiro atoms. The highest BCUT2D eigenvalue weighted by Crippen LogP contribution is 2.32. The Kier molecular flexibility index (Phi) is 4.00. The first-order chi connectivity index (χ1) is 9.45. The minimum atomic E-state index is -1.29. The van der Waals surface area contributed by atoms with E-state index >= 15 is 0 Å². The molecule has 0 amide bonds. The smallest absolute Gasteiger partial charge is 0.333 e. The van der Waals surface area contributed by atoms with Gasteiger partial charge in [-0.1, -0.05) is 48.0 Å². The van der Waals surface area contributed by atoms with Crippen LogP contribution in [0.25, 0.3) is 0 Å². The minimum Gasteiger partial charge on any atom is -0.479 e. The summed E-state index contributed by atoms with van der Waals surface area (Å²) in [6.45, 7) is 3.54. The van der Waals surface area contributed by atoms with Crippen molar-refractivity contribution in [2.75, 3.05) is 5.32 Å². The van der Waals surface area contributed by atoms with Crippen LogP contribution in [0.1, 0.15) is 18.1 Å².